The largest absolute Gasteiger partial charge is 0.456 e. The lowest BCUT2D eigenvalue weighted by Gasteiger charge is -2.27. The third kappa shape index (κ3) is 5.73. The van der Waals surface area contributed by atoms with Crippen LogP contribution in [0.5, 0.6) is 0 Å². The highest BCUT2D eigenvalue weighted by atomic mass is 16.3. The smallest absolute Gasteiger partial charge is 0.137 e. The average Bonchev–Trinajstić information content (AvgIpc) is 3.71. The fourth-order valence-corrected chi connectivity index (χ4v) is 9.23. The zero-order valence-corrected chi connectivity index (χ0v) is 32.7. The summed E-state index contributed by atoms with van der Waals surface area (Å²) in [5, 5.41) is 12.3. The van der Waals surface area contributed by atoms with Crippen LogP contribution in [-0.2, 0) is 0 Å². The van der Waals surface area contributed by atoms with E-state index in [2.05, 4.69) is 223 Å². The lowest BCUT2D eigenvalue weighted by Crippen LogP contribution is -2.10. The van der Waals surface area contributed by atoms with Gasteiger partial charge in [0, 0.05) is 16.8 Å². The van der Waals surface area contributed by atoms with Crippen molar-refractivity contribution in [2.75, 3.05) is 4.90 Å². The maximum Gasteiger partial charge on any atom is 0.137 e. The molecular formula is C58H37NO. The predicted octanol–water partition coefficient (Wildman–Crippen LogP) is 16.7. The highest BCUT2D eigenvalue weighted by Gasteiger charge is 2.20. The van der Waals surface area contributed by atoms with E-state index in [0.29, 0.717) is 0 Å². The van der Waals surface area contributed by atoms with Crippen molar-refractivity contribution < 1.29 is 4.42 Å². The molecule has 0 unspecified atom stereocenters. The standard InChI is InChI=1S/C58H37NO/c1-3-13-50-41(9-1)26-28-47-35-45(31-34-52(47)50)40-21-19-38(20-22-40)39-29-32-48(33-30-39)59(55-16-8-18-57-58(55)53-15-5-6-17-56(53)60-57)49-12-7-11-44(36-49)46-27-25-43-24-23-42-10-2-4-14-51(42)54(43)37-46/h1-37H. The van der Waals surface area contributed by atoms with Gasteiger partial charge in [-0.3, -0.25) is 0 Å². The molecule has 11 aromatic carbocycles. The third-order valence-electron chi connectivity index (χ3n) is 12.2. The monoisotopic (exact) mass is 763 g/mol. The SMILES string of the molecule is c1cc(-c2ccc3ccc4ccccc4c3c2)cc(N(c2ccc(-c3ccc(-c4ccc5c(ccc6ccccc65)c4)cc3)cc2)c2cccc3oc4ccccc4c23)c1. The normalized spacial score (nSPS) is 11.7. The summed E-state index contributed by atoms with van der Waals surface area (Å²) in [5.41, 5.74) is 12.1. The van der Waals surface area contributed by atoms with Crippen molar-refractivity contribution in [2.45, 2.75) is 0 Å². The van der Waals surface area contributed by atoms with Gasteiger partial charge in [0.15, 0.2) is 0 Å². The van der Waals surface area contributed by atoms with E-state index in [9.17, 15) is 0 Å². The van der Waals surface area contributed by atoms with E-state index in [4.69, 9.17) is 4.42 Å². The van der Waals surface area contributed by atoms with Crippen LogP contribution >= 0.6 is 0 Å². The van der Waals surface area contributed by atoms with Crippen LogP contribution in [0.4, 0.5) is 17.1 Å². The molecule has 280 valence electrons. The van der Waals surface area contributed by atoms with Crippen molar-refractivity contribution in [3.05, 3.63) is 224 Å². The van der Waals surface area contributed by atoms with Gasteiger partial charge >= 0.3 is 0 Å². The van der Waals surface area contributed by atoms with Gasteiger partial charge < -0.3 is 9.32 Å². The summed E-state index contributed by atoms with van der Waals surface area (Å²) in [6, 6.07) is 81.3. The number of anilines is 3. The molecule has 0 fully saturated rings. The lowest BCUT2D eigenvalue weighted by atomic mass is 9.96. The summed E-state index contributed by atoms with van der Waals surface area (Å²) in [7, 11) is 0. The number of nitrogens with zero attached hydrogens (tertiary/aromatic N) is 1. The summed E-state index contributed by atoms with van der Waals surface area (Å²) < 4.78 is 6.41. The summed E-state index contributed by atoms with van der Waals surface area (Å²) in [6.07, 6.45) is 0. The van der Waals surface area contributed by atoms with Crippen LogP contribution in [0.25, 0.3) is 98.4 Å². The molecule has 0 saturated carbocycles. The van der Waals surface area contributed by atoms with E-state index in [1.807, 2.05) is 6.07 Å². The molecule has 0 aliphatic carbocycles. The van der Waals surface area contributed by atoms with Gasteiger partial charge in [-0.15, -0.1) is 0 Å². The molecular weight excluding hydrogens is 727 g/mol. The van der Waals surface area contributed by atoms with Crippen molar-refractivity contribution in [1.29, 1.82) is 0 Å². The average molecular weight is 764 g/mol. The molecule has 12 rings (SSSR count). The second kappa shape index (κ2) is 13.9. The van der Waals surface area contributed by atoms with E-state index >= 15 is 0 Å². The number of furan rings is 1. The van der Waals surface area contributed by atoms with E-state index in [1.54, 1.807) is 0 Å². The Balaban J connectivity index is 0.934. The van der Waals surface area contributed by atoms with Gasteiger partial charge in [0.1, 0.15) is 11.2 Å². The second-order valence-electron chi connectivity index (χ2n) is 15.7. The summed E-state index contributed by atoms with van der Waals surface area (Å²) >= 11 is 0. The predicted molar refractivity (Wildman–Crippen MR) is 255 cm³/mol. The van der Waals surface area contributed by atoms with E-state index in [0.717, 1.165) is 44.6 Å². The molecule has 0 aliphatic heterocycles. The van der Waals surface area contributed by atoms with Crippen molar-refractivity contribution in [3.63, 3.8) is 0 Å². The minimum absolute atomic E-state index is 0.868. The van der Waals surface area contributed by atoms with Gasteiger partial charge in [0.25, 0.3) is 0 Å². The zero-order valence-electron chi connectivity index (χ0n) is 32.7. The van der Waals surface area contributed by atoms with E-state index < -0.39 is 0 Å². The number of hydrogen-bond acceptors (Lipinski definition) is 2. The Labute approximate surface area is 347 Å². The zero-order chi connectivity index (χ0) is 39.6. The molecule has 0 aliphatic rings. The molecule has 0 amide bonds. The van der Waals surface area contributed by atoms with Gasteiger partial charge in [-0.05, 0) is 131 Å². The van der Waals surface area contributed by atoms with Crippen LogP contribution in [0.3, 0.4) is 0 Å². The molecule has 0 radical (unpaired) electrons. The third-order valence-corrected chi connectivity index (χ3v) is 12.2. The first-order chi connectivity index (χ1) is 29.7. The minimum atomic E-state index is 0.868. The van der Waals surface area contributed by atoms with Crippen LogP contribution in [0.2, 0.25) is 0 Å². The maximum absolute atomic E-state index is 6.41. The minimum Gasteiger partial charge on any atom is -0.456 e. The highest BCUT2D eigenvalue weighted by Crippen LogP contribution is 2.44. The van der Waals surface area contributed by atoms with Gasteiger partial charge in [0.2, 0.25) is 0 Å². The van der Waals surface area contributed by atoms with Gasteiger partial charge in [0.05, 0.1) is 11.1 Å². The molecule has 0 N–H and O–H groups in total. The fraction of sp³-hybridized carbons (Fsp3) is 0. The number of hydrogen-bond donors (Lipinski definition) is 0. The Kier molecular flexibility index (Phi) is 7.89. The van der Waals surface area contributed by atoms with Gasteiger partial charge in [-0.2, -0.15) is 0 Å². The first-order valence-electron chi connectivity index (χ1n) is 20.6. The van der Waals surface area contributed by atoms with E-state index in [-0.39, 0.29) is 0 Å². The summed E-state index contributed by atoms with van der Waals surface area (Å²) in [4.78, 5) is 2.38. The van der Waals surface area contributed by atoms with Crippen molar-refractivity contribution in [2.24, 2.45) is 0 Å². The van der Waals surface area contributed by atoms with Crippen LogP contribution in [-0.4, -0.2) is 0 Å². The molecule has 0 spiro atoms. The number of rotatable bonds is 6. The van der Waals surface area contributed by atoms with Crippen molar-refractivity contribution in [3.8, 4) is 33.4 Å². The van der Waals surface area contributed by atoms with Crippen LogP contribution < -0.4 is 4.90 Å². The van der Waals surface area contributed by atoms with Crippen LogP contribution in [0, 0.1) is 0 Å². The summed E-state index contributed by atoms with van der Waals surface area (Å²) in [5.74, 6) is 0. The Hall–Kier alpha value is -7.94. The molecule has 60 heavy (non-hydrogen) atoms. The quantitative estimate of drug-likeness (QED) is 0.157. The van der Waals surface area contributed by atoms with Gasteiger partial charge in [-0.1, -0.05) is 170 Å². The highest BCUT2D eigenvalue weighted by molar-refractivity contribution is 6.14. The maximum atomic E-state index is 6.41. The number of fused-ring (bicyclic) bond motifs is 9. The molecule has 12 aromatic rings. The first kappa shape index (κ1) is 34.1. The Morgan fingerprint density at radius 3 is 1.53 bits per heavy atom. The van der Waals surface area contributed by atoms with Gasteiger partial charge in [-0.25, -0.2) is 0 Å². The molecule has 0 atom stereocenters. The van der Waals surface area contributed by atoms with Crippen LogP contribution in [0.15, 0.2) is 229 Å². The van der Waals surface area contributed by atoms with Crippen LogP contribution in [0.1, 0.15) is 0 Å². The number of benzene rings is 11. The van der Waals surface area contributed by atoms with Crippen molar-refractivity contribution >= 4 is 82.1 Å². The summed E-state index contributed by atoms with van der Waals surface area (Å²) in [6.45, 7) is 0. The topological polar surface area (TPSA) is 16.4 Å². The Morgan fingerprint density at radius 2 is 0.767 bits per heavy atom. The second-order valence-corrected chi connectivity index (χ2v) is 15.7. The lowest BCUT2D eigenvalue weighted by molar-refractivity contribution is 0.669. The molecule has 2 heteroatoms. The molecule has 2 nitrogen and oxygen atoms in total. The fourth-order valence-electron chi connectivity index (χ4n) is 9.23. The first-order valence-corrected chi connectivity index (χ1v) is 20.6. The molecule has 1 aromatic heterocycles. The number of para-hydroxylation sites is 1. The molecule has 0 saturated heterocycles. The van der Waals surface area contributed by atoms with Crippen molar-refractivity contribution in [1.82, 2.24) is 0 Å². The molecule has 1 heterocycles. The Bertz CT molecular complexity index is 3600. The van der Waals surface area contributed by atoms with E-state index in [1.165, 1.54) is 70.9 Å². The Morgan fingerprint density at radius 1 is 0.267 bits per heavy atom. The molecule has 0 bridgehead atoms.